The smallest absolute Gasteiger partial charge is 0.0645 e. The van der Waals surface area contributed by atoms with E-state index in [4.69, 9.17) is 4.74 Å². The average Bonchev–Trinajstić information content (AvgIpc) is 3.18. The van der Waals surface area contributed by atoms with Crippen molar-refractivity contribution in [2.45, 2.75) is 59.0 Å². The van der Waals surface area contributed by atoms with E-state index in [-0.39, 0.29) is 0 Å². The second-order valence-electron chi connectivity index (χ2n) is 6.75. The van der Waals surface area contributed by atoms with Crippen molar-refractivity contribution in [2.24, 2.45) is 11.8 Å². The standard InChI is InChI=1S/C18H32N2O/c1-4-9-19-18(16-5-6-16)17-7-10-20(14-17)11-13-21-12-8-15(2)3/h7,10,14-16,18-19H,4-6,8-9,11-13H2,1-3H3. The lowest BCUT2D eigenvalue weighted by Crippen LogP contribution is -2.23. The highest BCUT2D eigenvalue weighted by Crippen LogP contribution is 2.41. The zero-order valence-electron chi connectivity index (χ0n) is 14.0. The van der Waals surface area contributed by atoms with Gasteiger partial charge in [0, 0.05) is 31.6 Å². The van der Waals surface area contributed by atoms with E-state index in [2.05, 4.69) is 49.1 Å². The van der Waals surface area contributed by atoms with Gasteiger partial charge in [-0.1, -0.05) is 20.8 Å². The highest BCUT2D eigenvalue weighted by Gasteiger charge is 2.32. The third kappa shape index (κ3) is 5.84. The highest BCUT2D eigenvalue weighted by atomic mass is 16.5. The lowest BCUT2D eigenvalue weighted by atomic mass is 10.1. The normalized spacial score (nSPS) is 16.6. The lowest BCUT2D eigenvalue weighted by molar-refractivity contribution is 0.116. The van der Waals surface area contributed by atoms with Gasteiger partial charge < -0.3 is 14.6 Å². The van der Waals surface area contributed by atoms with Crippen molar-refractivity contribution < 1.29 is 4.74 Å². The minimum Gasteiger partial charge on any atom is -0.380 e. The molecule has 3 heteroatoms. The first-order chi connectivity index (χ1) is 10.2. The van der Waals surface area contributed by atoms with Gasteiger partial charge in [0.2, 0.25) is 0 Å². The maximum absolute atomic E-state index is 5.71. The average molecular weight is 292 g/mol. The molecule has 2 rings (SSSR count). The lowest BCUT2D eigenvalue weighted by Gasteiger charge is -2.16. The first-order valence-electron chi connectivity index (χ1n) is 8.67. The summed E-state index contributed by atoms with van der Waals surface area (Å²) in [6.07, 6.45) is 9.62. The topological polar surface area (TPSA) is 26.2 Å². The predicted octanol–water partition coefficient (Wildman–Crippen LogP) is 4.00. The van der Waals surface area contributed by atoms with Gasteiger partial charge in [-0.2, -0.15) is 0 Å². The predicted molar refractivity (Wildman–Crippen MR) is 88.5 cm³/mol. The second-order valence-corrected chi connectivity index (χ2v) is 6.75. The van der Waals surface area contributed by atoms with Crippen molar-refractivity contribution in [2.75, 3.05) is 19.8 Å². The Kier molecular flexibility index (Phi) is 6.78. The molecule has 1 heterocycles. The monoisotopic (exact) mass is 292 g/mol. The van der Waals surface area contributed by atoms with Crippen LogP contribution in [-0.4, -0.2) is 24.3 Å². The van der Waals surface area contributed by atoms with Gasteiger partial charge in [0.25, 0.3) is 0 Å². The van der Waals surface area contributed by atoms with Gasteiger partial charge in [-0.15, -0.1) is 0 Å². The molecule has 21 heavy (non-hydrogen) atoms. The van der Waals surface area contributed by atoms with Crippen LogP contribution in [0.25, 0.3) is 0 Å². The molecule has 0 spiro atoms. The van der Waals surface area contributed by atoms with Crippen LogP contribution in [0.4, 0.5) is 0 Å². The molecule has 1 atom stereocenters. The number of aromatic nitrogens is 1. The van der Waals surface area contributed by atoms with Crippen molar-refractivity contribution in [1.82, 2.24) is 9.88 Å². The number of hydrogen-bond acceptors (Lipinski definition) is 2. The largest absolute Gasteiger partial charge is 0.380 e. The number of nitrogens with zero attached hydrogens (tertiary/aromatic N) is 1. The SMILES string of the molecule is CCCNC(c1ccn(CCOCCC(C)C)c1)C1CC1. The third-order valence-electron chi connectivity index (χ3n) is 4.17. The van der Waals surface area contributed by atoms with Crippen LogP contribution in [0.15, 0.2) is 18.5 Å². The Morgan fingerprint density at radius 3 is 2.81 bits per heavy atom. The Balaban J connectivity index is 1.74. The maximum Gasteiger partial charge on any atom is 0.0645 e. The van der Waals surface area contributed by atoms with E-state index in [1.165, 1.54) is 24.8 Å². The molecule has 1 aromatic heterocycles. The quantitative estimate of drug-likeness (QED) is 0.624. The molecule has 0 radical (unpaired) electrons. The minimum atomic E-state index is 0.563. The zero-order valence-corrected chi connectivity index (χ0v) is 14.0. The van der Waals surface area contributed by atoms with Crippen molar-refractivity contribution >= 4 is 0 Å². The minimum absolute atomic E-state index is 0.563. The molecule has 0 aromatic carbocycles. The molecular weight excluding hydrogens is 260 g/mol. The van der Waals surface area contributed by atoms with Crippen molar-refractivity contribution in [3.8, 4) is 0 Å². The van der Waals surface area contributed by atoms with Crippen molar-refractivity contribution in [3.63, 3.8) is 0 Å². The molecule has 1 aliphatic rings. The van der Waals surface area contributed by atoms with Crippen LogP contribution in [0, 0.1) is 11.8 Å². The van der Waals surface area contributed by atoms with E-state index in [0.29, 0.717) is 6.04 Å². The molecule has 120 valence electrons. The molecule has 1 saturated carbocycles. The maximum atomic E-state index is 5.71. The molecule has 1 fully saturated rings. The van der Waals surface area contributed by atoms with Crippen LogP contribution in [0.5, 0.6) is 0 Å². The zero-order chi connectivity index (χ0) is 15.1. The summed E-state index contributed by atoms with van der Waals surface area (Å²) in [5.74, 6) is 1.59. The molecule has 1 unspecified atom stereocenters. The fraction of sp³-hybridized carbons (Fsp3) is 0.778. The molecule has 1 aromatic rings. The summed E-state index contributed by atoms with van der Waals surface area (Å²) >= 11 is 0. The summed E-state index contributed by atoms with van der Waals surface area (Å²) in [6, 6.07) is 2.84. The second kappa shape index (κ2) is 8.60. The Bertz CT molecular complexity index is 396. The fourth-order valence-corrected chi connectivity index (χ4v) is 2.66. The number of rotatable bonds is 11. The van der Waals surface area contributed by atoms with Crippen LogP contribution in [0.3, 0.4) is 0 Å². The summed E-state index contributed by atoms with van der Waals surface area (Å²) < 4.78 is 7.98. The van der Waals surface area contributed by atoms with E-state index < -0.39 is 0 Å². The highest BCUT2D eigenvalue weighted by molar-refractivity contribution is 5.18. The van der Waals surface area contributed by atoms with Gasteiger partial charge in [0.1, 0.15) is 0 Å². The van der Waals surface area contributed by atoms with Crippen LogP contribution in [-0.2, 0) is 11.3 Å². The summed E-state index contributed by atoms with van der Waals surface area (Å²) in [4.78, 5) is 0. The molecule has 0 aliphatic heterocycles. The summed E-state index contributed by atoms with van der Waals surface area (Å²) in [5, 5.41) is 3.71. The molecule has 0 amide bonds. The van der Waals surface area contributed by atoms with Gasteiger partial charge in [-0.05, 0) is 55.7 Å². The van der Waals surface area contributed by atoms with Gasteiger partial charge in [0.05, 0.1) is 6.61 Å². The van der Waals surface area contributed by atoms with Crippen LogP contribution >= 0.6 is 0 Å². The van der Waals surface area contributed by atoms with Gasteiger partial charge in [-0.3, -0.25) is 0 Å². The third-order valence-corrected chi connectivity index (χ3v) is 4.17. The molecular formula is C18H32N2O. The van der Waals surface area contributed by atoms with E-state index >= 15 is 0 Å². The summed E-state index contributed by atoms with van der Waals surface area (Å²) in [5.41, 5.74) is 1.45. The molecule has 0 bridgehead atoms. The Labute approximate surface area is 130 Å². The van der Waals surface area contributed by atoms with Crippen LogP contribution in [0.1, 0.15) is 58.1 Å². The van der Waals surface area contributed by atoms with Crippen molar-refractivity contribution in [3.05, 3.63) is 24.0 Å². The molecule has 3 nitrogen and oxygen atoms in total. The van der Waals surface area contributed by atoms with E-state index in [1.807, 2.05) is 0 Å². The first-order valence-corrected chi connectivity index (χ1v) is 8.67. The number of ether oxygens (including phenoxy) is 1. The van der Waals surface area contributed by atoms with Crippen LogP contribution < -0.4 is 5.32 Å². The molecule has 0 saturated heterocycles. The Hall–Kier alpha value is -0.800. The Morgan fingerprint density at radius 1 is 1.33 bits per heavy atom. The molecule has 1 N–H and O–H groups in total. The molecule has 1 aliphatic carbocycles. The Morgan fingerprint density at radius 2 is 2.14 bits per heavy atom. The van der Waals surface area contributed by atoms with E-state index in [1.54, 1.807) is 0 Å². The summed E-state index contributed by atoms with van der Waals surface area (Å²) in [7, 11) is 0. The number of hydrogen-bond donors (Lipinski definition) is 1. The van der Waals surface area contributed by atoms with E-state index in [0.717, 1.165) is 44.6 Å². The summed E-state index contributed by atoms with van der Waals surface area (Å²) in [6.45, 7) is 10.5. The fourth-order valence-electron chi connectivity index (χ4n) is 2.66. The van der Waals surface area contributed by atoms with Crippen molar-refractivity contribution in [1.29, 1.82) is 0 Å². The van der Waals surface area contributed by atoms with Crippen LogP contribution in [0.2, 0.25) is 0 Å². The van der Waals surface area contributed by atoms with Gasteiger partial charge in [-0.25, -0.2) is 0 Å². The first kappa shape index (κ1) is 16.6. The van der Waals surface area contributed by atoms with Gasteiger partial charge in [0.15, 0.2) is 0 Å². The number of nitrogens with one attached hydrogen (secondary N) is 1. The van der Waals surface area contributed by atoms with Gasteiger partial charge >= 0.3 is 0 Å². The van der Waals surface area contributed by atoms with E-state index in [9.17, 15) is 0 Å².